The number of nitrogens with zero attached hydrogens (tertiary/aromatic N) is 2. The van der Waals surface area contributed by atoms with Crippen molar-refractivity contribution < 1.29 is 9.15 Å². The third kappa shape index (κ3) is 10.9. The highest BCUT2D eigenvalue weighted by molar-refractivity contribution is 14.0. The van der Waals surface area contributed by atoms with E-state index in [0.717, 1.165) is 50.9 Å². The number of rotatable bonds is 12. The molecule has 0 bridgehead atoms. The summed E-state index contributed by atoms with van der Waals surface area (Å²) in [6.07, 6.45) is 3.78. The zero-order valence-electron chi connectivity index (χ0n) is 15.2. The molecular formula is C17H33IN4O2. The summed E-state index contributed by atoms with van der Waals surface area (Å²) in [4.78, 5) is 6.67. The highest BCUT2D eigenvalue weighted by Crippen LogP contribution is 2.01. The smallest absolute Gasteiger partial charge is 0.191 e. The van der Waals surface area contributed by atoms with E-state index in [2.05, 4.69) is 34.4 Å². The summed E-state index contributed by atoms with van der Waals surface area (Å²) in [5.74, 6) is 1.71. The molecule has 6 nitrogen and oxygen atoms in total. The first-order chi connectivity index (χ1) is 11.3. The fourth-order valence-electron chi connectivity index (χ4n) is 2.25. The van der Waals surface area contributed by atoms with Crippen LogP contribution >= 0.6 is 24.0 Å². The molecule has 1 heterocycles. The normalized spacial score (nSPS) is 11.4. The van der Waals surface area contributed by atoms with E-state index in [1.807, 2.05) is 12.1 Å². The molecule has 1 rings (SSSR count). The molecule has 0 spiro atoms. The Morgan fingerprint density at radius 3 is 2.67 bits per heavy atom. The number of nitrogens with one attached hydrogen (secondary N) is 2. The van der Waals surface area contributed by atoms with Crippen molar-refractivity contribution in [2.75, 3.05) is 46.4 Å². The molecule has 140 valence electrons. The number of aliphatic imine (C=N–C) groups is 1. The maximum Gasteiger partial charge on any atom is 0.191 e. The minimum absolute atomic E-state index is 0. The molecule has 0 atom stereocenters. The Morgan fingerprint density at radius 2 is 2.04 bits per heavy atom. The molecule has 0 fully saturated rings. The van der Waals surface area contributed by atoms with E-state index in [-0.39, 0.29) is 24.0 Å². The van der Waals surface area contributed by atoms with Crippen molar-refractivity contribution in [3.05, 3.63) is 24.2 Å². The quantitative estimate of drug-likeness (QED) is 0.221. The second kappa shape index (κ2) is 15.7. The Bertz CT molecular complexity index is 413. The van der Waals surface area contributed by atoms with E-state index in [1.165, 1.54) is 6.42 Å². The molecule has 1 aromatic heterocycles. The lowest BCUT2D eigenvalue weighted by atomic mass is 10.4. The number of halogens is 1. The molecule has 0 radical (unpaired) electrons. The van der Waals surface area contributed by atoms with Crippen LogP contribution in [0.5, 0.6) is 0 Å². The summed E-state index contributed by atoms with van der Waals surface area (Å²) in [5, 5.41) is 6.65. The van der Waals surface area contributed by atoms with Gasteiger partial charge in [0.2, 0.25) is 0 Å². The molecule has 0 aliphatic rings. The van der Waals surface area contributed by atoms with E-state index in [0.29, 0.717) is 13.2 Å². The largest absolute Gasteiger partial charge is 0.467 e. The predicted octanol–water partition coefficient (Wildman–Crippen LogP) is 2.70. The van der Waals surface area contributed by atoms with Crippen molar-refractivity contribution in [2.24, 2.45) is 4.99 Å². The van der Waals surface area contributed by atoms with Crippen molar-refractivity contribution >= 4 is 29.9 Å². The van der Waals surface area contributed by atoms with Crippen LogP contribution in [-0.4, -0.2) is 57.2 Å². The number of likely N-dealkylation sites (N-methyl/N-ethyl adjacent to an activating group) is 1. The molecule has 0 saturated carbocycles. The van der Waals surface area contributed by atoms with Crippen LogP contribution in [0.15, 0.2) is 27.8 Å². The summed E-state index contributed by atoms with van der Waals surface area (Å²) in [6.45, 7) is 10.7. The van der Waals surface area contributed by atoms with Gasteiger partial charge in [0.15, 0.2) is 5.96 Å². The van der Waals surface area contributed by atoms with Crippen molar-refractivity contribution in [1.29, 1.82) is 0 Å². The van der Waals surface area contributed by atoms with Crippen molar-refractivity contribution in [3.8, 4) is 0 Å². The van der Waals surface area contributed by atoms with Gasteiger partial charge in [-0.15, -0.1) is 24.0 Å². The van der Waals surface area contributed by atoms with Gasteiger partial charge in [0.05, 0.1) is 6.26 Å². The van der Waals surface area contributed by atoms with Gasteiger partial charge in [-0.2, -0.15) is 0 Å². The van der Waals surface area contributed by atoms with Crippen LogP contribution in [-0.2, 0) is 11.3 Å². The zero-order chi connectivity index (χ0) is 16.8. The summed E-state index contributed by atoms with van der Waals surface area (Å²) in [6, 6.07) is 3.79. The highest BCUT2D eigenvalue weighted by atomic mass is 127. The van der Waals surface area contributed by atoms with Gasteiger partial charge in [0, 0.05) is 33.3 Å². The third-order valence-electron chi connectivity index (χ3n) is 3.51. The van der Waals surface area contributed by atoms with Crippen LogP contribution in [0.4, 0.5) is 0 Å². The second-order valence-corrected chi connectivity index (χ2v) is 5.35. The van der Waals surface area contributed by atoms with Gasteiger partial charge >= 0.3 is 0 Å². The van der Waals surface area contributed by atoms with E-state index >= 15 is 0 Å². The molecule has 0 aliphatic carbocycles. The maximum absolute atomic E-state index is 5.55. The molecule has 0 unspecified atom stereocenters. The van der Waals surface area contributed by atoms with Gasteiger partial charge in [0.25, 0.3) is 0 Å². The monoisotopic (exact) mass is 452 g/mol. The highest BCUT2D eigenvalue weighted by Gasteiger charge is 2.02. The van der Waals surface area contributed by atoms with E-state index in [9.17, 15) is 0 Å². The van der Waals surface area contributed by atoms with Crippen LogP contribution < -0.4 is 10.6 Å². The minimum Gasteiger partial charge on any atom is -0.467 e. The van der Waals surface area contributed by atoms with Crippen LogP contribution in [0.3, 0.4) is 0 Å². The van der Waals surface area contributed by atoms with E-state index in [4.69, 9.17) is 9.15 Å². The number of hydrogen-bond acceptors (Lipinski definition) is 4. The summed E-state index contributed by atoms with van der Waals surface area (Å²) >= 11 is 0. The first kappa shape index (κ1) is 23.2. The van der Waals surface area contributed by atoms with Crippen LogP contribution in [0, 0.1) is 0 Å². The zero-order valence-corrected chi connectivity index (χ0v) is 17.5. The predicted molar refractivity (Wildman–Crippen MR) is 110 cm³/mol. The molecule has 0 aromatic carbocycles. The first-order valence-corrected chi connectivity index (χ1v) is 8.57. The Morgan fingerprint density at radius 1 is 1.25 bits per heavy atom. The fraction of sp³-hybridized carbons (Fsp3) is 0.706. The average molecular weight is 452 g/mol. The maximum atomic E-state index is 5.55. The van der Waals surface area contributed by atoms with E-state index < -0.39 is 0 Å². The molecule has 0 saturated heterocycles. The summed E-state index contributed by atoms with van der Waals surface area (Å²) in [7, 11) is 1.80. The van der Waals surface area contributed by atoms with Gasteiger partial charge in [0.1, 0.15) is 12.4 Å². The number of guanidine groups is 1. The average Bonchev–Trinajstić information content (AvgIpc) is 3.08. The molecular weight excluding hydrogens is 419 g/mol. The van der Waals surface area contributed by atoms with Gasteiger partial charge in [-0.25, -0.2) is 0 Å². The first-order valence-electron chi connectivity index (χ1n) is 8.57. The van der Waals surface area contributed by atoms with Gasteiger partial charge in [-0.05, 0) is 38.1 Å². The van der Waals surface area contributed by atoms with Crippen molar-refractivity contribution in [1.82, 2.24) is 15.5 Å². The molecule has 2 N–H and O–H groups in total. The standard InChI is InChI=1S/C17H32N4O2.HI/c1-4-11-21(5-2)12-10-20-17(18-3)19-9-7-13-22-15-16-8-6-14-23-16;/h6,8,14H,4-5,7,9-13,15H2,1-3H3,(H2,18,19,20);1H. The van der Waals surface area contributed by atoms with Crippen LogP contribution in [0.1, 0.15) is 32.4 Å². The Balaban J connectivity index is 0.00000529. The molecule has 24 heavy (non-hydrogen) atoms. The minimum atomic E-state index is 0. The number of hydrogen-bond donors (Lipinski definition) is 2. The van der Waals surface area contributed by atoms with Crippen molar-refractivity contribution in [3.63, 3.8) is 0 Å². The lowest BCUT2D eigenvalue weighted by Gasteiger charge is -2.20. The van der Waals surface area contributed by atoms with Crippen molar-refractivity contribution in [2.45, 2.75) is 33.3 Å². The van der Waals surface area contributed by atoms with Gasteiger partial charge in [-0.1, -0.05) is 13.8 Å². The topological polar surface area (TPSA) is 62.0 Å². The number of ether oxygens (including phenoxy) is 1. The van der Waals surface area contributed by atoms with Crippen LogP contribution in [0.25, 0.3) is 0 Å². The molecule has 7 heteroatoms. The summed E-state index contributed by atoms with van der Waals surface area (Å²) in [5.41, 5.74) is 0. The SMILES string of the molecule is CCCN(CC)CCNC(=NC)NCCCOCc1ccco1.I. The Kier molecular flexibility index (Phi) is 15.2. The van der Waals surface area contributed by atoms with Gasteiger partial charge in [-0.3, -0.25) is 4.99 Å². The fourth-order valence-corrected chi connectivity index (χ4v) is 2.25. The van der Waals surface area contributed by atoms with E-state index in [1.54, 1.807) is 13.3 Å². The lowest BCUT2D eigenvalue weighted by molar-refractivity contribution is 0.105. The molecule has 1 aromatic rings. The number of furan rings is 1. The Labute approximate surface area is 163 Å². The van der Waals surface area contributed by atoms with Crippen LogP contribution in [0.2, 0.25) is 0 Å². The third-order valence-corrected chi connectivity index (χ3v) is 3.51. The summed E-state index contributed by atoms with van der Waals surface area (Å²) < 4.78 is 10.8. The second-order valence-electron chi connectivity index (χ2n) is 5.35. The lowest BCUT2D eigenvalue weighted by Crippen LogP contribution is -2.42. The molecule has 0 aliphatic heterocycles. The van der Waals surface area contributed by atoms with Gasteiger partial charge < -0.3 is 24.7 Å². The molecule has 0 amide bonds. The Hall–Kier alpha value is -0.800.